The van der Waals surface area contributed by atoms with E-state index in [9.17, 15) is 4.79 Å². The fourth-order valence-corrected chi connectivity index (χ4v) is 2.71. The molecule has 0 spiro atoms. The van der Waals surface area contributed by atoms with Crippen LogP contribution in [0, 0.1) is 0 Å². The monoisotopic (exact) mass is 313 g/mol. The molecule has 2 aromatic rings. The maximum absolute atomic E-state index is 12.1. The van der Waals surface area contributed by atoms with Crippen LogP contribution in [0.4, 0.5) is 5.69 Å². The maximum Gasteiger partial charge on any atom is 0.191 e. The number of halogens is 1. The van der Waals surface area contributed by atoms with E-state index in [1.165, 1.54) is 18.5 Å². The Kier molecular flexibility index (Phi) is 4.54. The molecular formula is C18H18ClN2O+. The minimum atomic E-state index is -0.0345. The van der Waals surface area contributed by atoms with Crippen molar-refractivity contribution in [2.24, 2.45) is 0 Å². The van der Waals surface area contributed by atoms with Crippen LogP contribution in [0.1, 0.15) is 23.2 Å². The summed E-state index contributed by atoms with van der Waals surface area (Å²) in [5.41, 5.74) is 1.88. The minimum Gasteiger partial charge on any atom is -0.371 e. The number of carbonyl (C=O) groups is 1. The first-order valence-corrected chi connectivity index (χ1v) is 7.84. The van der Waals surface area contributed by atoms with Crippen molar-refractivity contribution in [2.45, 2.75) is 12.8 Å². The van der Waals surface area contributed by atoms with Gasteiger partial charge < -0.3 is 4.90 Å². The summed E-state index contributed by atoms with van der Waals surface area (Å²) < 4.78 is 1.88. The van der Waals surface area contributed by atoms with Gasteiger partial charge in [0.05, 0.1) is 6.08 Å². The van der Waals surface area contributed by atoms with E-state index in [4.69, 9.17) is 11.6 Å². The van der Waals surface area contributed by atoms with Gasteiger partial charge in [-0.2, -0.15) is 4.57 Å². The lowest BCUT2D eigenvalue weighted by Crippen LogP contribution is -2.26. The molecule has 1 aliphatic rings. The second kappa shape index (κ2) is 6.75. The molecule has 112 valence electrons. The molecule has 1 aromatic heterocycles. The van der Waals surface area contributed by atoms with Crippen molar-refractivity contribution >= 4 is 29.3 Å². The summed E-state index contributed by atoms with van der Waals surface area (Å²) in [6, 6.07) is 11.1. The number of hydrogen-bond donors (Lipinski definition) is 0. The van der Waals surface area contributed by atoms with Crippen molar-refractivity contribution in [3.63, 3.8) is 0 Å². The molecule has 1 aromatic carbocycles. The summed E-state index contributed by atoms with van der Waals surface area (Å²) in [5, 5.41) is 0.632. The molecule has 1 saturated heterocycles. The van der Waals surface area contributed by atoms with Crippen molar-refractivity contribution in [1.82, 2.24) is 0 Å². The van der Waals surface area contributed by atoms with Gasteiger partial charge in [0.2, 0.25) is 0 Å². The Bertz CT molecular complexity index is 671. The Morgan fingerprint density at radius 2 is 1.68 bits per heavy atom. The van der Waals surface area contributed by atoms with Crippen LogP contribution in [0.2, 0.25) is 5.02 Å². The third kappa shape index (κ3) is 3.55. The van der Waals surface area contributed by atoms with Gasteiger partial charge >= 0.3 is 0 Å². The first kappa shape index (κ1) is 14.8. The predicted molar refractivity (Wildman–Crippen MR) is 89.2 cm³/mol. The summed E-state index contributed by atoms with van der Waals surface area (Å²) >= 11 is 5.82. The van der Waals surface area contributed by atoms with Gasteiger partial charge in [-0.1, -0.05) is 11.6 Å². The Balaban J connectivity index is 1.67. The van der Waals surface area contributed by atoms with Crippen LogP contribution in [0.3, 0.4) is 0 Å². The molecular weight excluding hydrogens is 296 g/mol. The highest BCUT2D eigenvalue weighted by Crippen LogP contribution is 2.18. The summed E-state index contributed by atoms with van der Waals surface area (Å²) in [6.45, 7) is 2.27. The van der Waals surface area contributed by atoms with Crippen molar-refractivity contribution in [3.8, 4) is 0 Å². The largest absolute Gasteiger partial charge is 0.371 e. The molecule has 1 aliphatic heterocycles. The molecule has 3 nitrogen and oxygen atoms in total. The Hall–Kier alpha value is -2.13. The predicted octanol–water partition coefficient (Wildman–Crippen LogP) is 3.58. The number of nitrogens with zero attached hydrogens (tertiary/aromatic N) is 2. The first-order chi connectivity index (χ1) is 10.7. The van der Waals surface area contributed by atoms with Crippen molar-refractivity contribution in [3.05, 3.63) is 65.5 Å². The van der Waals surface area contributed by atoms with Gasteiger partial charge in [0.1, 0.15) is 0 Å². The quantitative estimate of drug-likeness (QED) is 0.489. The van der Waals surface area contributed by atoms with Gasteiger partial charge in [-0.3, -0.25) is 4.79 Å². The molecule has 2 heterocycles. The fraction of sp³-hybridized carbons (Fsp3) is 0.222. The Morgan fingerprint density at radius 3 is 2.32 bits per heavy atom. The van der Waals surface area contributed by atoms with E-state index in [1.54, 1.807) is 36.5 Å². The number of carbonyl (C=O) groups excluding carboxylic acids is 1. The minimum absolute atomic E-state index is 0.0345. The highest BCUT2D eigenvalue weighted by atomic mass is 35.5. The number of benzene rings is 1. The molecule has 3 rings (SSSR count). The zero-order valence-corrected chi connectivity index (χ0v) is 13.0. The third-order valence-electron chi connectivity index (χ3n) is 3.83. The normalized spacial score (nSPS) is 14.7. The zero-order valence-electron chi connectivity index (χ0n) is 12.3. The van der Waals surface area contributed by atoms with Gasteiger partial charge in [-0.15, -0.1) is 0 Å². The molecule has 0 bridgehead atoms. The third-order valence-corrected chi connectivity index (χ3v) is 4.08. The molecule has 0 N–H and O–H groups in total. The number of anilines is 1. The Morgan fingerprint density at radius 1 is 1.05 bits per heavy atom. The number of allylic oxidation sites excluding steroid dienone is 1. The Labute approximate surface area is 135 Å². The fourth-order valence-electron chi connectivity index (χ4n) is 2.58. The molecule has 0 unspecified atom stereocenters. The van der Waals surface area contributed by atoms with E-state index in [1.807, 2.05) is 17.0 Å². The molecule has 0 atom stereocenters. The van der Waals surface area contributed by atoms with E-state index in [-0.39, 0.29) is 5.78 Å². The zero-order chi connectivity index (χ0) is 15.4. The maximum atomic E-state index is 12.1. The SMILES string of the molecule is O=C(/C=C/[n+]1ccc(N2CCCC2)cc1)c1ccc(Cl)cc1. The van der Waals surface area contributed by atoms with Crippen LogP contribution in [-0.2, 0) is 0 Å². The van der Waals surface area contributed by atoms with Crippen LogP contribution in [-0.4, -0.2) is 18.9 Å². The lowest BCUT2D eigenvalue weighted by atomic mass is 10.1. The summed E-state index contributed by atoms with van der Waals surface area (Å²) in [5.74, 6) is -0.0345. The number of rotatable bonds is 4. The average Bonchev–Trinajstić information content (AvgIpc) is 3.08. The van der Waals surface area contributed by atoms with Crippen molar-refractivity contribution in [1.29, 1.82) is 0 Å². The number of hydrogen-bond acceptors (Lipinski definition) is 2. The van der Waals surface area contributed by atoms with Gasteiger partial charge in [-0.25, -0.2) is 0 Å². The topological polar surface area (TPSA) is 24.2 Å². The van der Waals surface area contributed by atoms with Crippen molar-refractivity contribution < 1.29 is 9.36 Å². The van der Waals surface area contributed by atoms with E-state index in [2.05, 4.69) is 17.0 Å². The highest BCUT2D eigenvalue weighted by molar-refractivity contribution is 6.30. The van der Waals surface area contributed by atoms with Gasteiger partial charge in [0.15, 0.2) is 24.4 Å². The standard InChI is InChI=1S/C18H18ClN2O/c19-16-5-3-15(4-6-16)18(22)9-14-20-12-7-17(8-13-20)21-10-1-2-11-21/h3-9,12-14H,1-2,10-11H2/q+1/b14-9+. The van der Waals surface area contributed by atoms with E-state index in [0.717, 1.165) is 13.1 Å². The van der Waals surface area contributed by atoms with Gasteiger partial charge in [0, 0.05) is 41.5 Å². The van der Waals surface area contributed by atoms with Crippen LogP contribution in [0.15, 0.2) is 54.9 Å². The van der Waals surface area contributed by atoms with Crippen molar-refractivity contribution in [2.75, 3.05) is 18.0 Å². The molecule has 4 heteroatoms. The highest BCUT2D eigenvalue weighted by Gasteiger charge is 2.13. The molecule has 0 aliphatic carbocycles. The molecule has 22 heavy (non-hydrogen) atoms. The van der Waals surface area contributed by atoms with Crippen LogP contribution in [0.5, 0.6) is 0 Å². The molecule has 0 saturated carbocycles. The van der Waals surface area contributed by atoms with E-state index >= 15 is 0 Å². The van der Waals surface area contributed by atoms with Crippen LogP contribution < -0.4 is 9.47 Å². The molecule has 0 amide bonds. The summed E-state index contributed by atoms with van der Waals surface area (Å²) in [4.78, 5) is 14.4. The number of ketones is 1. The summed E-state index contributed by atoms with van der Waals surface area (Å²) in [7, 11) is 0. The summed E-state index contributed by atoms with van der Waals surface area (Å²) in [6.07, 6.45) is 9.82. The smallest absolute Gasteiger partial charge is 0.191 e. The second-order valence-corrected chi connectivity index (χ2v) is 5.82. The lowest BCUT2D eigenvalue weighted by molar-refractivity contribution is -0.568. The molecule has 0 radical (unpaired) electrons. The second-order valence-electron chi connectivity index (χ2n) is 5.38. The molecule has 1 fully saturated rings. The van der Waals surface area contributed by atoms with E-state index < -0.39 is 0 Å². The van der Waals surface area contributed by atoms with E-state index in [0.29, 0.717) is 10.6 Å². The lowest BCUT2D eigenvalue weighted by Gasteiger charge is -2.15. The van der Waals surface area contributed by atoms with Gasteiger partial charge in [-0.05, 0) is 37.1 Å². The number of pyridine rings is 1. The van der Waals surface area contributed by atoms with Crippen LogP contribution >= 0.6 is 11.6 Å². The first-order valence-electron chi connectivity index (χ1n) is 7.46. The average molecular weight is 314 g/mol. The van der Waals surface area contributed by atoms with Crippen LogP contribution in [0.25, 0.3) is 6.20 Å². The number of aromatic nitrogens is 1. The van der Waals surface area contributed by atoms with Gasteiger partial charge in [0.25, 0.3) is 0 Å².